The number of hydrogen-bond donors (Lipinski definition) is 2. The molecule has 1 rings (SSSR count). The van der Waals surface area contributed by atoms with E-state index in [1.54, 1.807) is 13.2 Å². The van der Waals surface area contributed by atoms with E-state index >= 15 is 0 Å². The number of carbonyl (C=O) groups is 1. The molecule has 0 aliphatic heterocycles. The van der Waals surface area contributed by atoms with Gasteiger partial charge in [0.15, 0.2) is 0 Å². The minimum atomic E-state index is -3.52. The zero-order chi connectivity index (χ0) is 14.3. The molecule has 0 aromatic heterocycles. The van der Waals surface area contributed by atoms with Crippen LogP contribution < -0.4 is 9.46 Å². The van der Waals surface area contributed by atoms with Crippen molar-refractivity contribution in [3.8, 4) is 5.75 Å². The van der Waals surface area contributed by atoms with Crippen molar-refractivity contribution < 1.29 is 23.1 Å². The second-order valence-corrected chi connectivity index (χ2v) is 5.88. The van der Waals surface area contributed by atoms with Crippen LogP contribution in [0.4, 0.5) is 0 Å². The van der Waals surface area contributed by atoms with Crippen LogP contribution in [-0.4, -0.2) is 38.9 Å². The first kappa shape index (κ1) is 15.5. The van der Waals surface area contributed by atoms with E-state index in [2.05, 4.69) is 4.72 Å². The highest BCUT2D eigenvalue weighted by Gasteiger charge is 2.11. The van der Waals surface area contributed by atoms with Crippen LogP contribution in [0.25, 0.3) is 0 Å². The van der Waals surface area contributed by atoms with Crippen molar-refractivity contribution in [2.45, 2.75) is 12.8 Å². The molecule has 2 N–H and O–H groups in total. The zero-order valence-electron chi connectivity index (χ0n) is 10.6. The molecule has 7 heteroatoms. The van der Waals surface area contributed by atoms with Gasteiger partial charge in [0.05, 0.1) is 19.3 Å². The summed E-state index contributed by atoms with van der Waals surface area (Å²) in [5.74, 6) is -0.815. The van der Waals surface area contributed by atoms with Crippen molar-refractivity contribution in [3.63, 3.8) is 0 Å². The second-order valence-electron chi connectivity index (χ2n) is 3.96. The third-order valence-corrected chi connectivity index (χ3v) is 3.84. The van der Waals surface area contributed by atoms with Gasteiger partial charge in [0.25, 0.3) is 0 Å². The van der Waals surface area contributed by atoms with E-state index in [1.165, 1.54) is 0 Å². The minimum Gasteiger partial charge on any atom is -0.497 e. The smallest absolute Gasteiger partial charge is 0.304 e. The van der Waals surface area contributed by atoms with E-state index < -0.39 is 28.2 Å². The Morgan fingerprint density at radius 3 is 2.79 bits per heavy atom. The molecular formula is C12H17NO5S. The Hall–Kier alpha value is -1.60. The number of ether oxygens (including phenoxy) is 1. The van der Waals surface area contributed by atoms with E-state index in [0.717, 1.165) is 5.56 Å². The van der Waals surface area contributed by atoms with Crippen molar-refractivity contribution >= 4 is 16.0 Å². The number of hydrogen-bond acceptors (Lipinski definition) is 4. The lowest BCUT2D eigenvalue weighted by Crippen LogP contribution is -2.29. The van der Waals surface area contributed by atoms with Gasteiger partial charge >= 0.3 is 5.97 Å². The van der Waals surface area contributed by atoms with Crippen LogP contribution in [0.1, 0.15) is 12.0 Å². The van der Waals surface area contributed by atoms with Gasteiger partial charge in [0.1, 0.15) is 5.75 Å². The molecule has 0 spiro atoms. The first-order valence-electron chi connectivity index (χ1n) is 5.75. The highest BCUT2D eigenvalue weighted by molar-refractivity contribution is 7.89. The first-order chi connectivity index (χ1) is 8.93. The molecule has 0 amide bonds. The van der Waals surface area contributed by atoms with Crippen LogP contribution in [0.5, 0.6) is 5.75 Å². The average molecular weight is 287 g/mol. The molecule has 1 aromatic rings. The Morgan fingerprint density at radius 1 is 1.42 bits per heavy atom. The third kappa shape index (κ3) is 6.21. The van der Waals surface area contributed by atoms with Crippen LogP contribution in [0, 0.1) is 0 Å². The van der Waals surface area contributed by atoms with Gasteiger partial charge in [-0.25, -0.2) is 13.1 Å². The fourth-order valence-electron chi connectivity index (χ4n) is 1.47. The summed E-state index contributed by atoms with van der Waals surface area (Å²) in [5, 5.41) is 8.43. The summed E-state index contributed by atoms with van der Waals surface area (Å²) < 4.78 is 30.3. The lowest BCUT2D eigenvalue weighted by atomic mass is 10.1. The van der Waals surface area contributed by atoms with Crippen LogP contribution >= 0.6 is 0 Å². The highest BCUT2D eigenvalue weighted by Crippen LogP contribution is 2.12. The molecule has 0 saturated carbocycles. The fourth-order valence-corrected chi connectivity index (χ4v) is 2.47. The summed E-state index contributed by atoms with van der Waals surface area (Å²) in [4.78, 5) is 10.3. The van der Waals surface area contributed by atoms with E-state index in [1.807, 2.05) is 18.2 Å². The monoisotopic (exact) mass is 287 g/mol. The summed E-state index contributed by atoms with van der Waals surface area (Å²) in [7, 11) is -1.96. The van der Waals surface area contributed by atoms with Gasteiger partial charge in [-0.15, -0.1) is 0 Å². The number of nitrogens with one attached hydrogen (secondary N) is 1. The van der Waals surface area contributed by atoms with E-state index in [-0.39, 0.29) is 6.54 Å². The molecule has 106 valence electrons. The summed E-state index contributed by atoms with van der Waals surface area (Å²) in [5.41, 5.74) is 0.945. The molecule has 0 fully saturated rings. The molecule has 1 aromatic carbocycles. The van der Waals surface area contributed by atoms with E-state index in [9.17, 15) is 13.2 Å². The largest absolute Gasteiger partial charge is 0.497 e. The van der Waals surface area contributed by atoms with Crippen molar-refractivity contribution in [1.29, 1.82) is 0 Å². The summed E-state index contributed by atoms with van der Waals surface area (Å²) >= 11 is 0. The maximum absolute atomic E-state index is 11.4. The standard InChI is InChI=1S/C12H17NO5S/c1-18-11-4-2-3-10(9-11)5-7-13-19(16,17)8-6-12(14)15/h2-4,9,13H,5-8H2,1H3,(H,14,15). The van der Waals surface area contributed by atoms with Gasteiger partial charge in [-0.2, -0.15) is 0 Å². The molecule has 0 saturated heterocycles. The molecule has 0 aliphatic carbocycles. The van der Waals surface area contributed by atoms with Crippen molar-refractivity contribution in [1.82, 2.24) is 4.72 Å². The van der Waals surface area contributed by atoms with Crippen molar-refractivity contribution in [3.05, 3.63) is 29.8 Å². The lowest BCUT2D eigenvalue weighted by molar-refractivity contribution is -0.136. The number of carboxylic acid groups (broad SMARTS) is 1. The van der Waals surface area contributed by atoms with Crippen LogP contribution in [0.15, 0.2) is 24.3 Å². The van der Waals surface area contributed by atoms with Crippen molar-refractivity contribution in [2.75, 3.05) is 19.4 Å². The Morgan fingerprint density at radius 2 is 2.16 bits per heavy atom. The average Bonchev–Trinajstić information content (AvgIpc) is 2.37. The maximum atomic E-state index is 11.4. The predicted octanol–water partition coefficient (Wildman–Crippen LogP) is 0.632. The molecule has 0 atom stereocenters. The molecule has 0 unspecified atom stereocenters. The Balaban J connectivity index is 2.42. The topological polar surface area (TPSA) is 92.7 Å². The Kier molecular flexibility index (Phi) is 5.78. The Bertz CT molecular complexity index is 527. The minimum absolute atomic E-state index is 0.231. The molecule has 0 heterocycles. The molecule has 6 nitrogen and oxygen atoms in total. The number of sulfonamides is 1. The van der Waals surface area contributed by atoms with E-state index in [0.29, 0.717) is 12.2 Å². The third-order valence-electron chi connectivity index (χ3n) is 2.45. The summed E-state index contributed by atoms with van der Waals surface area (Å²) in [6, 6.07) is 7.33. The Labute approximate surface area is 112 Å². The summed E-state index contributed by atoms with van der Waals surface area (Å²) in [6.07, 6.45) is 0.123. The fraction of sp³-hybridized carbons (Fsp3) is 0.417. The van der Waals surface area contributed by atoms with Gasteiger partial charge in [-0.3, -0.25) is 4.79 Å². The highest BCUT2D eigenvalue weighted by atomic mass is 32.2. The van der Waals surface area contributed by atoms with Crippen LogP contribution in [0.3, 0.4) is 0 Å². The number of rotatable bonds is 8. The van der Waals surface area contributed by atoms with Crippen LogP contribution in [0.2, 0.25) is 0 Å². The quantitative estimate of drug-likeness (QED) is 0.731. The molecule has 0 radical (unpaired) electrons. The van der Waals surface area contributed by atoms with E-state index in [4.69, 9.17) is 9.84 Å². The molecule has 0 bridgehead atoms. The van der Waals surface area contributed by atoms with Gasteiger partial charge in [0, 0.05) is 6.54 Å². The van der Waals surface area contributed by atoms with Gasteiger partial charge in [-0.05, 0) is 24.1 Å². The second kappa shape index (κ2) is 7.10. The van der Waals surface area contributed by atoms with Gasteiger partial charge < -0.3 is 9.84 Å². The van der Waals surface area contributed by atoms with Gasteiger partial charge in [-0.1, -0.05) is 12.1 Å². The number of benzene rings is 1. The molecule has 0 aliphatic rings. The molecular weight excluding hydrogens is 270 g/mol. The van der Waals surface area contributed by atoms with Crippen molar-refractivity contribution in [2.24, 2.45) is 0 Å². The normalized spacial score (nSPS) is 11.2. The number of carboxylic acids is 1. The first-order valence-corrected chi connectivity index (χ1v) is 7.40. The maximum Gasteiger partial charge on any atom is 0.304 e. The molecule has 19 heavy (non-hydrogen) atoms. The van der Waals surface area contributed by atoms with Gasteiger partial charge in [0.2, 0.25) is 10.0 Å². The summed E-state index contributed by atoms with van der Waals surface area (Å²) in [6.45, 7) is 0.231. The zero-order valence-corrected chi connectivity index (χ0v) is 11.4. The SMILES string of the molecule is COc1cccc(CCNS(=O)(=O)CCC(=O)O)c1. The number of aliphatic carboxylic acids is 1. The predicted molar refractivity (Wildman–Crippen MR) is 70.7 cm³/mol. The van der Waals surface area contributed by atoms with Crippen LogP contribution in [-0.2, 0) is 21.2 Å². The number of methoxy groups -OCH3 is 1. The lowest BCUT2D eigenvalue weighted by Gasteiger charge is -2.06.